The molecule has 2 aliphatic heterocycles. The smallest absolute Gasteiger partial charge is 0.250 e. The summed E-state index contributed by atoms with van der Waals surface area (Å²) in [6, 6.07) is 3.52. The average molecular weight is 497 g/mol. The molecule has 12 nitrogen and oxygen atoms in total. The van der Waals surface area contributed by atoms with Crippen LogP contribution in [-0.4, -0.2) is 74.3 Å². The van der Waals surface area contributed by atoms with Gasteiger partial charge in [-0.05, 0) is 29.9 Å². The van der Waals surface area contributed by atoms with Gasteiger partial charge in [-0.1, -0.05) is 43.7 Å². The van der Waals surface area contributed by atoms with Crippen molar-refractivity contribution >= 4 is 29.3 Å². The lowest BCUT2D eigenvalue weighted by Gasteiger charge is -2.33. The maximum absolute atomic E-state index is 13.8. The fraction of sp³-hybridized carbons (Fsp3) is 0.542. The van der Waals surface area contributed by atoms with E-state index < -0.39 is 18.1 Å². The summed E-state index contributed by atoms with van der Waals surface area (Å²) in [7, 11) is 1.60. The number of aromatic nitrogens is 4. The molecule has 3 heterocycles. The zero-order valence-corrected chi connectivity index (χ0v) is 20.9. The number of para-hydroxylation sites is 1. The van der Waals surface area contributed by atoms with Gasteiger partial charge in [0.1, 0.15) is 18.1 Å². The van der Waals surface area contributed by atoms with E-state index in [4.69, 9.17) is 0 Å². The molecule has 0 saturated carbocycles. The molecule has 192 valence electrons. The van der Waals surface area contributed by atoms with E-state index in [1.54, 1.807) is 7.05 Å². The molecule has 1 aromatic carbocycles. The van der Waals surface area contributed by atoms with Gasteiger partial charge >= 0.3 is 0 Å². The first kappa shape index (κ1) is 25.3. The highest BCUT2D eigenvalue weighted by molar-refractivity contribution is 6.08. The maximum atomic E-state index is 13.8. The summed E-state index contributed by atoms with van der Waals surface area (Å²) in [5.74, 6) is -1.03. The molecule has 4 atom stereocenters. The van der Waals surface area contributed by atoms with Gasteiger partial charge in [-0.3, -0.25) is 24.1 Å². The van der Waals surface area contributed by atoms with E-state index in [0.29, 0.717) is 31.5 Å². The first-order chi connectivity index (χ1) is 17.2. The highest BCUT2D eigenvalue weighted by atomic mass is 16.2. The van der Waals surface area contributed by atoms with Gasteiger partial charge in [0.15, 0.2) is 5.82 Å². The Kier molecular flexibility index (Phi) is 7.32. The van der Waals surface area contributed by atoms with Crippen LogP contribution in [-0.2, 0) is 38.6 Å². The van der Waals surface area contributed by atoms with Crippen LogP contribution in [0.1, 0.15) is 50.6 Å². The number of amides is 4. The van der Waals surface area contributed by atoms with Gasteiger partial charge < -0.3 is 15.5 Å². The normalized spacial score (nSPS) is 20.2. The lowest BCUT2D eigenvalue weighted by atomic mass is 9.96. The number of likely N-dealkylation sites (N-methyl/N-ethyl adjacent to an activating group) is 1. The number of aromatic amines is 1. The minimum absolute atomic E-state index is 0.0746. The van der Waals surface area contributed by atoms with Crippen molar-refractivity contribution < 1.29 is 19.2 Å². The molecule has 0 aliphatic carbocycles. The number of rotatable bonds is 8. The van der Waals surface area contributed by atoms with Crippen LogP contribution in [0.5, 0.6) is 0 Å². The first-order valence-corrected chi connectivity index (χ1v) is 12.2. The molecule has 36 heavy (non-hydrogen) atoms. The quantitative estimate of drug-likeness (QED) is 0.468. The van der Waals surface area contributed by atoms with Crippen molar-refractivity contribution in [2.75, 3.05) is 11.9 Å². The number of carbonyl (C=O) groups is 4. The molecule has 3 N–H and O–H groups in total. The van der Waals surface area contributed by atoms with E-state index >= 15 is 0 Å². The molecule has 12 heteroatoms. The largest absolute Gasteiger partial charge is 0.347 e. The van der Waals surface area contributed by atoms with Crippen molar-refractivity contribution in [3.05, 3.63) is 35.2 Å². The van der Waals surface area contributed by atoms with Gasteiger partial charge in [-0.15, -0.1) is 10.2 Å². The van der Waals surface area contributed by atoms with Crippen LogP contribution < -0.4 is 15.5 Å². The predicted molar refractivity (Wildman–Crippen MR) is 129 cm³/mol. The van der Waals surface area contributed by atoms with Crippen molar-refractivity contribution in [1.82, 2.24) is 36.2 Å². The monoisotopic (exact) mass is 496 g/mol. The zero-order chi connectivity index (χ0) is 26.0. The SMILES string of the molecule is CC[C@H](C)[C@@H](C(=O)N[C@H]1CCc2cccc3c2N(C1=O)[C@H](C(=O)NCc1nn[nH]n1)C3)N(C)C(C)=O. The Morgan fingerprint density at radius 2 is 2.03 bits per heavy atom. The van der Waals surface area contributed by atoms with E-state index in [2.05, 4.69) is 31.3 Å². The van der Waals surface area contributed by atoms with Gasteiger partial charge in [0.05, 0.1) is 12.2 Å². The number of hydrogen-bond acceptors (Lipinski definition) is 7. The van der Waals surface area contributed by atoms with Crippen LogP contribution in [0.4, 0.5) is 5.69 Å². The summed E-state index contributed by atoms with van der Waals surface area (Å²) in [5.41, 5.74) is 2.63. The van der Waals surface area contributed by atoms with Gasteiger partial charge in [0.2, 0.25) is 23.6 Å². The highest BCUT2D eigenvalue weighted by Gasteiger charge is 2.44. The third-order valence-electron chi connectivity index (χ3n) is 7.20. The Morgan fingerprint density at radius 1 is 1.28 bits per heavy atom. The van der Waals surface area contributed by atoms with Crippen molar-refractivity contribution in [3.63, 3.8) is 0 Å². The third kappa shape index (κ3) is 4.79. The Labute approximate surface area is 209 Å². The molecular weight excluding hydrogens is 464 g/mol. The molecular formula is C24H32N8O4. The van der Waals surface area contributed by atoms with Gasteiger partial charge in [0, 0.05) is 20.4 Å². The lowest BCUT2D eigenvalue weighted by Crippen LogP contribution is -2.58. The van der Waals surface area contributed by atoms with Crippen molar-refractivity contribution in [2.45, 2.75) is 71.1 Å². The summed E-state index contributed by atoms with van der Waals surface area (Å²) in [6.07, 6.45) is 2.03. The van der Waals surface area contributed by atoms with Crippen LogP contribution >= 0.6 is 0 Å². The number of benzene rings is 1. The second kappa shape index (κ2) is 10.4. The van der Waals surface area contributed by atoms with E-state index in [1.165, 1.54) is 16.7 Å². The number of anilines is 1. The van der Waals surface area contributed by atoms with E-state index in [1.807, 2.05) is 32.0 Å². The average Bonchev–Trinajstić information content (AvgIpc) is 3.49. The topological polar surface area (TPSA) is 153 Å². The number of H-pyrrole nitrogens is 1. The van der Waals surface area contributed by atoms with Gasteiger partial charge in [0.25, 0.3) is 0 Å². The molecule has 0 fully saturated rings. The van der Waals surface area contributed by atoms with E-state index in [9.17, 15) is 19.2 Å². The van der Waals surface area contributed by atoms with E-state index in [-0.39, 0.29) is 36.1 Å². The Hall–Kier alpha value is -3.83. The molecule has 0 bridgehead atoms. The fourth-order valence-corrected chi connectivity index (χ4v) is 5.01. The molecule has 0 unspecified atom stereocenters. The summed E-state index contributed by atoms with van der Waals surface area (Å²) < 4.78 is 0. The van der Waals surface area contributed by atoms with Crippen LogP contribution in [0.3, 0.4) is 0 Å². The summed E-state index contributed by atoms with van der Waals surface area (Å²) in [5, 5.41) is 19.2. The van der Waals surface area contributed by atoms with Crippen molar-refractivity contribution in [1.29, 1.82) is 0 Å². The number of hydrogen-bond donors (Lipinski definition) is 3. The van der Waals surface area contributed by atoms with Crippen LogP contribution in [0.15, 0.2) is 18.2 Å². The number of tetrazole rings is 1. The second-order valence-electron chi connectivity index (χ2n) is 9.46. The van der Waals surface area contributed by atoms with Crippen LogP contribution in [0.2, 0.25) is 0 Å². The molecule has 0 radical (unpaired) electrons. The molecule has 0 saturated heterocycles. The fourth-order valence-electron chi connectivity index (χ4n) is 5.01. The predicted octanol–water partition coefficient (Wildman–Crippen LogP) is 0.0978. The first-order valence-electron chi connectivity index (χ1n) is 12.2. The Balaban J connectivity index is 1.58. The van der Waals surface area contributed by atoms with Gasteiger partial charge in [-0.25, -0.2) is 0 Å². The summed E-state index contributed by atoms with van der Waals surface area (Å²) in [6.45, 7) is 5.35. The number of aryl methyl sites for hydroxylation is 1. The number of nitrogens with one attached hydrogen (secondary N) is 3. The minimum Gasteiger partial charge on any atom is -0.347 e. The van der Waals surface area contributed by atoms with Crippen LogP contribution in [0, 0.1) is 5.92 Å². The zero-order valence-electron chi connectivity index (χ0n) is 20.9. The molecule has 2 aromatic rings. The number of nitrogens with zero attached hydrogens (tertiary/aromatic N) is 5. The molecule has 2 aliphatic rings. The van der Waals surface area contributed by atoms with Crippen molar-refractivity contribution in [3.8, 4) is 0 Å². The Bertz CT molecular complexity index is 1150. The Morgan fingerprint density at radius 3 is 2.69 bits per heavy atom. The number of carbonyl (C=O) groups excluding carboxylic acids is 4. The highest BCUT2D eigenvalue weighted by Crippen LogP contribution is 2.39. The molecule has 4 amide bonds. The maximum Gasteiger partial charge on any atom is 0.250 e. The molecule has 4 rings (SSSR count). The minimum atomic E-state index is -0.824. The summed E-state index contributed by atoms with van der Waals surface area (Å²) in [4.78, 5) is 55.4. The van der Waals surface area contributed by atoms with E-state index in [0.717, 1.165) is 16.8 Å². The lowest BCUT2D eigenvalue weighted by molar-refractivity contribution is -0.140. The third-order valence-corrected chi connectivity index (χ3v) is 7.20. The standard InChI is InChI=1S/C24H32N8O4/c1-5-13(2)20(31(4)14(3)33)23(35)26-17-10-9-15-7-6-8-16-11-18(32(21(15)16)24(17)36)22(34)25-12-19-27-29-30-28-19/h6-8,13,17-18,20H,5,9-12H2,1-4H3,(H,25,34)(H,26,35)(H,27,28,29,30)/t13-,17-,18-,20-/m0/s1. The van der Waals surface area contributed by atoms with Crippen molar-refractivity contribution in [2.24, 2.45) is 5.92 Å². The van der Waals surface area contributed by atoms with Crippen LogP contribution in [0.25, 0.3) is 0 Å². The summed E-state index contributed by atoms with van der Waals surface area (Å²) >= 11 is 0. The second-order valence-corrected chi connectivity index (χ2v) is 9.46. The van der Waals surface area contributed by atoms with Gasteiger partial charge in [-0.2, -0.15) is 5.21 Å². The molecule has 0 spiro atoms. The molecule has 1 aromatic heterocycles.